The first kappa shape index (κ1) is 12.5. The van der Waals surface area contributed by atoms with Crippen molar-refractivity contribution in [3.8, 4) is 0 Å². The lowest BCUT2D eigenvalue weighted by atomic mass is 10.3. The number of carbonyl (C=O) groups excluding carboxylic acids is 1. The minimum atomic E-state index is -0.0585. The number of amides is 1. The number of hydrogen-bond acceptors (Lipinski definition) is 4. The number of nitrogens with zero attached hydrogens (tertiary/aromatic N) is 3. The van der Waals surface area contributed by atoms with Gasteiger partial charge in [-0.3, -0.25) is 9.48 Å². The van der Waals surface area contributed by atoms with Crippen LogP contribution in [0.25, 0.3) is 0 Å². The SMILES string of the molecule is CC(CNC(=O)Cn1cc(N)cn1)N(C)C. The van der Waals surface area contributed by atoms with E-state index < -0.39 is 0 Å². The molecule has 0 aliphatic carbocycles. The van der Waals surface area contributed by atoms with Gasteiger partial charge in [0.15, 0.2) is 0 Å². The van der Waals surface area contributed by atoms with Crippen molar-refractivity contribution in [1.82, 2.24) is 20.0 Å². The van der Waals surface area contributed by atoms with Crippen molar-refractivity contribution in [2.75, 3.05) is 26.4 Å². The molecule has 90 valence electrons. The summed E-state index contributed by atoms with van der Waals surface area (Å²) in [4.78, 5) is 13.6. The molecule has 0 saturated carbocycles. The molecule has 1 aromatic heterocycles. The summed E-state index contributed by atoms with van der Waals surface area (Å²) in [6.07, 6.45) is 3.16. The van der Waals surface area contributed by atoms with Crippen molar-refractivity contribution < 1.29 is 4.79 Å². The van der Waals surface area contributed by atoms with Crippen molar-refractivity contribution >= 4 is 11.6 Å². The van der Waals surface area contributed by atoms with Gasteiger partial charge >= 0.3 is 0 Å². The van der Waals surface area contributed by atoms with Gasteiger partial charge in [0.2, 0.25) is 5.91 Å². The second-order valence-electron chi connectivity index (χ2n) is 4.09. The number of carbonyl (C=O) groups is 1. The van der Waals surface area contributed by atoms with Crippen LogP contribution in [0.2, 0.25) is 0 Å². The minimum absolute atomic E-state index is 0.0585. The predicted molar refractivity (Wildman–Crippen MR) is 62.8 cm³/mol. The third-order valence-electron chi connectivity index (χ3n) is 2.44. The summed E-state index contributed by atoms with van der Waals surface area (Å²) in [5.41, 5.74) is 6.06. The maximum absolute atomic E-state index is 11.5. The monoisotopic (exact) mass is 225 g/mol. The van der Waals surface area contributed by atoms with Gasteiger partial charge in [-0.1, -0.05) is 0 Å². The number of likely N-dealkylation sites (N-methyl/N-ethyl adjacent to an activating group) is 1. The maximum Gasteiger partial charge on any atom is 0.241 e. The van der Waals surface area contributed by atoms with E-state index >= 15 is 0 Å². The Morgan fingerprint density at radius 2 is 2.38 bits per heavy atom. The summed E-state index contributed by atoms with van der Waals surface area (Å²) in [7, 11) is 3.95. The molecular formula is C10H19N5O. The Morgan fingerprint density at radius 3 is 2.88 bits per heavy atom. The zero-order chi connectivity index (χ0) is 12.1. The summed E-state index contributed by atoms with van der Waals surface area (Å²) < 4.78 is 1.52. The van der Waals surface area contributed by atoms with Crippen molar-refractivity contribution in [3.63, 3.8) is 0 Å². The molecule has 0 spiro atoms. The van der Waals surface area contributed by atoms with Gasteiger partial charge in [-0.2, -0.15) is 5.10 Å². The third-order valence-corrected chi connectivity index (χ3v) is 2.44. The van der Waals surface area contributed by atoms with E-state index in [9.17, 15) is 4.79 Å². The van der Waals surface area contributed by atoms with Crippen LogP contribution in [0.15, 0.2) is 12.4 Å². The van der Waals surface area contributed by atoms with Crippen molar-refractivity contribution in [1.29, 1.82) is 0 Å². The van der Waals surface area contributed by atoms with Crippen LogP contribution in [0.1, 0.15) is 6.92 Å². The molecule has 1 amide bonds. The summed E-state index contributed by atoms with van der Waals surface area (Å²) in [5, 5.41) is 6.78. The zero-order valence-corrected chi connectivity index (χ0v) is 9.97. The van der Waals surface area contributed by atoms with Crippen LogP contribution in [-0.4, -0.2) is 47.3 Å². The number of nitrogens with two attached hydrogens (primary N) is 1. The maximum atomic E-state index is 11.5. The summed E-state index contributed by atoms with van der Waals surface area (Å²) in [6.45, 7) is 2.88. The Hall–Kier alpha value is -1.56. The van der Waals surface area contributed by atoms with E-state index in [2.05, 4.69) is 10.4 Å². The number of hydrogen-bond donors (Lipinski definition) is 2. The van der Waals surface area contributed by atoms with Gasteiger partial charge in [0.05, 0.1) is 11.9 Å². The van der Waals surface area contributed by atoms with Crippen molar-refractivity contribution in [3.05, 3.63) is 12.4 Å². The Balaban J connectivity index is 2.31. The first-order chi connectivity index (χ1) is 7.49. The molecule has 3 N–H and O–H groups in total. The smallest absolute Gasteiger partial charge is 0.241 e. The summed E-state index contributed by atoms with van der Waals surface area (Å²) in [5.74, 6) is -0.0585. The highest BCUT2D eigenvalue weighted by molar-refractivity contribution is 5.75. The van der Waals surface area contributed by atoms with Crippen LogP contribution >= 0.6 is 0 Å². The second kappa shape index (κ2) is 5.50. The van der Waals surface area contributed by atoms with E-state index in [1.165, 1.54) is 10.9 Å². The summed E-state index contributed by atoms with van der Waals surface area (Å²) in [6, 6.07) is 0.312. The first-order valence-corrected chi connectivity index (χ1v) is 5.20. The van der Waals surface area contributed by atoms with Crippen LogP contribution in [0.3, 0.4) is 0 Å². The van der Waals surface area contributed by atoms with Crippen molar-refractivity contribution in [2.45, 2.75) is 19.5 Å². The Kier molecular flexibility index (Phi) is 4.30. The highest BCUT2D eigenvalue weighted by Crippen LogP contribution is 1.97. The number of rotatable bonds is 5. The Bertz CT molecular complexity index is 347. The molecule has 6 heteroatoms. The van der Waals surface area contributed by atoms with Gasteiger partial charge in [0.1, 0.15) is 6.54 Å². The van der Waals surface area contributed by atoms with Gasteiger partial charge in [-0.05, 0) is 21.0 Å². The molecule has 1 unspecified atom stereocenters. The molecule has 0 fully saturated rings. The quantitative estimate of drug-likeness (QED) is 0.710. The molecule has 1 atom stereocenters. The molecule has 0 radical (unpaired) electrons. The molecule has 0 aliphatic rings. The fourth-order valence-electron chi connectivity index (χ4n) is 1.11. The lowest BCUT2D eigenvalue weighted by molar-refractivity contribution is -0.122. The highest BCUT2D eigenvalue weighted by Gasteiger charge is 2.07. The van der Waals surface area contributed by atoms with Crippen LogP contribution in [0, 0.1) is 0 Å². The normalized spacial score (nSPS) is 12.8. The van der Waals surface area contributed by atoms with Crippen LogP contribution in [0.5, 0.6) is 0 Å². The average Bonchev–Trinajstić information content (AvgIpc) is 2.60. The number of anilines is 1. The van der Waals surface area contributed by atoms with E-state index in [0.717, 1.165) is 0 Å². The van der Waals surface area contributed by atoms with Crippen LogP contribution in [0.4, 0.5) is 5.69 Å². The Labute approximate surface area is 95.4 Å². The molecular weight excluding hydrogens is 206 g/mol. The molecule has 0 aliphatic heterocycles. The molecule has 0 aromatic carbocycles. The van der Waals surface area contributed by atoms with Crippen LogP contribution < -0.4 is 11.1 Å². The van der Waals surface area contributed by atoms with E-state index in [1.807, 2.05) is 25.9 Å². The predicted octanol–water partition coefficient (Wildman–Crippen LogP) is -0.468. The van der Waals surface area contributed by atoms with Gasteiger partial charge in [-0.15, -0.1) is 0 Å². The lowest BCUT2D eigenvalue weighted by Gasteiger charge is -2.19. The van der Waals surface area contributed by atoms with Crippen molar-refractivity contribution in [2.24, 2.45) is 0 Å². The van der Waals surface area contributed by atoms with E-state index in [4.69, 9.17) is 5.73 Å². The van der Waals surface area contributed by atoms with Gasteiger partial charge in [-0.25, -0.2) is 0 Å². The van der Waals surface area contributed by atoms with E-state index in [-0.39, 0.29) is 12.5 Å². The minimum Gasteiger partial charge on any atom is -0.396 e. The molecule has 1 heterocycles. The van der Waals surface area contributed by atoms with Gasteiger partial charge in [0, 0.05) is 18.8 Å². The second-order valence-corrected chi connectivity index (χ2v) is 4.09. The standard InChI is InChI=1S/C10H19N5O/c1-8(14(2)3)4-12-10(16)7-15-6-9(11)5-13-15/h5-6,8H,4,7,11H2,1-3H3,(H,12,16). The topological polar surface area (TPSA) is 76.2 Å². The van der Waals surface area contributed by atoms with Gasteiger partial charge < -0.3 is 16.0 Å². The fraction of sp³-hybridized carbons (Fsp3) is 0.600. The van der Waals surface area contributed by atoms with Gasteiger partial charge in [0.25, 0.3) is 0 Å². The third kappa shape index (κ3) is 3.90. The molecule has 0 bridgehead atoms. The average molecular weight is 225 g/mol. The number of nitrogens with one attached hydrogen (secondary N) is 1. The van der Waals surface area contributed by atoms with E-state index in [0.29, 0.717) is 18.3 Å². The number of aromatic nitrogens is 2. The largest absolute Gasteiger partial charge is 0.396 e. The summed E-state index contributed by atoms with van der Waals surface area (Å²) >= 11 is 0. The van der Waals surface area contributed by atoms with Crippen LogP contribution in [-0.2, 0) is 11.3 Å². The first-order valence-electron chi connectivity index (χ1n) is 5.20. The Morgan fingerprint density at radius 1 is 1.69 bits per heavy atom. The number of nitrogen functional groups attached to an aromatic ring is 1. The lowest BCUT2D eigenvalue weighted by Crippen LogP contribution is -2.39. The molecule has 1 aromatic rings. The highest BCUT2D eigenvalue weighted by atomic mass is 16.2. The molecule has 0 saturated heterocycles. The molecule has 1 rings (SSSR count). The van der Waals surface area contributed by atoms with E-state index in [1.54, 1.807) is 6.20 Å². The fourth-order valence-corrected chi connectivity index (χ4v) is 1.11. The molecule has 16 heavy (non-hydrogen) atoms. The molecule has 6 nitrogen and oxygen atoms in total. The zero-order valence-electron chi connectivity index (χ0n) is 9.97.